The van der Waals surface area contributed by atoms with Crippen molar-refractivity contribution in [1.82, 2.24) is 20.9 Å². The van der Waals surface area contributed by atoms with Gasteiger partial charge in [0.1, 0.15) is 0 Å². The molecule has 0 bridgehead atoms. The highest BCUT2D eigenvalue weighted by Crippen LogP contribution is 2.63. The SMILES string of the molecule is CCCC(=O)N(CCCNC)C(=O)C(C)C1CCC2C3CCCCC(NCCNC)CCC(C)C3CCC12C. The Bertz CT molecular complexity index is 760. The number of hydrogen-bond donors (Lipinski definition) is 3. The molecule has 0 radical (unpaired) electrons. The van der Waals surface area contributed by atoms with Crippen LogP contribution in [0.25, 0.3) is 0 Å². The van der Waals surface area contributed by atoms with Crippen molar-refractivity contribution in [2.45, 2.75) is 117 Å². The van der Waals surface area contributed by atoms with Crippen LogP contribution in [-0.2, 0) is 9.59 Å². The minimum absolute atomic E-state index is 0.0220. The third kappa shape index (κ3) is 8.07. The van der Waals surface area contributed by atoms with E-state index in [1.807, 2.05) is 21.0 Å². The Hall–Kier alpha value is -0.980. The fourth-order valence-electron chi connectivity index (χ4n) is 9.04. The number of likely N-dealkylation sites (N-methyl/N-ethyl adjacent to an activating group) is 1. The smallest absolute Gasteiger partial charge is 0.232 e. The van der Waals surface area contributed by atoms with Crippen LogP contribution in [0.15, 0.2) is 0 Å². The fourth-order valence-corrected chi connectivity index (χ4v) is 9.04. The second-order valence-electron chi connectivity index (χ2n) is 13.6. The topological polar surface area (TPSA) is 73.5 Å². The maximum absolute atomic E-state index is 13.9. The van der Waals surface area contributed by atoms with Crippen LogP contribution in [-0.4, -0.2) is 63.0 Å². The van der Waals surface area contributed by atoms with Gasteiger partial charge in [-0.2, -0.15) is 0 Å². The normalized spacial score (nSPS) is 34.1. The molecule has 0 heterocycles. The summed E-state index contributed by atoms with van der Waals surface area (Å²) >= 11 is 0. The number of fused-ring (bicyclic) bond motifs is 3. The minimum Gasteiger partial charge on any atom is -0.320 e. The van der Waals surface area contributed by atoms with Gasteiger partial charge in [0.05, 0.1) is 0 Å². The van der Waals surface area contributed by atoms with E-state index in [4.69, 9.17) is 0 Å². The van der Waals surface area contributed by atoms with Gasteiger partial charge in [-0.25, -0.2) is 0 Å². The van der Waals surface area contributed by atoms with Crippen LogP contribution >= 0.6 is 0 Å². The highest BCUT2D eigenvalue weighted by molar-refractivity contribution is 5.96. The van der Waals surface area contributed by atoms with Crippen molar-refractivity contribution < 1.29 is 9.59 Å². The van der Waals surface area contributed by atoms with E-state index in [0.717, 1.165) is 62.6 Å². The van der Waals surface area contributed by atoms with Crippen molar-refractivity contribution in [1.29, 1.82) is 0 Å². The van der Waals surface area contributed by atoms with Gasteiger partial charge in [0.15, 0.2) is 0 Å². The van der Waals surface area contributed by atoms with Crippen LogP contribution in [0, 0.1) is 40.9 Å². The van der Waals surface area contributed by atoms with Gasteiger partial charge in [0.25, 0.3) is 0 Å². The zero-order valence-electron chi connectivity index (χ0n) is 26.3. The average Bonchev–Trinajstić information content (AvgIpc) is 3.27. The Kier molecular flexibility index (Phi) is 13.2. The van der Waals surface area contributed by atoms with Crippen LogP contribution in [0.4, 0.5) is 0 Å². The average molecular weight is 547 g/mol. The first-order valence-electron chi connectivity index (χ1n) is 16.6. The highest BCUT2D eigenvalue weighted by atomic mass is 16.2. The summed E-state index contributed by atoms with van der Waals surface area (Å²) in [5.74, 6) is 3.56. The molecule has 0 spiro atoms. The predicted octanol–water partition coefficient (Wildman–Crippen LogP) is 5.61. The molecular weight excluding hydrogens is 484 g/mol. The molecule has 39 heavy (non-hydrogen) atoms. The second kappa shape index (κ2) is 15.9. The Labute approximate surface area is 240 Å². The van der Waals surface area contributed by atoms with E-state index in [1.165, 1.54) is 57.8 Å². The zero-order chi connectivity index (χ0) is 28.4. The third-order valence-electron chi connectivity index (χ3n) is 11.2. The first-order chi connectivity index (χ1) is 18.8. The van der Waals surface area contributed by atoms with Crippen molar-refractivity contribution in [2.75, 3.05) is 40.3 Å². The first-order valence-corrected chi connectivity index (χ1v) is 16.6. The van der Waals surface area contributed by atoms with Gasteiger partial charge in [-0.05, 0) is 120 Å². The molecule has 0 aromatic rings. The van der Waals surface area contributed by atoms with E-state index in [-0.39, 0.29) is 23.1 Å². The Morgan fingerprint density at radius 2 is 1.67 bits per heavy atom. The number of amides is 2. The van der Waals surface area contributed by atoms with Crippen molar-refractivity contribution >= 4 is 11.8 Å². The molecule has 0 aromatic carbocycles. The van der Waals surface area contributed by atoms with Crippen molar-refractivity contribution in [3.8, 4) is 0 Å². The second-order valence-corrected chi connectivity index (χ2v) is 13.6. The van der Waals surface area contributed by atoms with Gasteiger partial charge in [0, 0.05) is 38.0 Å². The van der Waals surface area contributed by atoms with Crippen LogP contribution in [0.3, 0.4) is 0 Å². The summed E-state index contributed by atoms with van der Waals surface area (Å²) in [7, 11) is 3.96. The molecule has 6 heteroatoms. The Morgan fingerprint density at radius 1 is 0.923 bits per heavy atom. The number of nitrogens with zero attached hydrogens (tertiary/aromatic N) is 1. The summed E-state index contributed by atoms with van der Waals surface area (Å²) in [6.07, 6.45) is 15.0. The number of carbonyl (C=O) groups is 2. The lowest BCUT2D eigenvalue weighted by Crippen LogP contribution is -2.48. The molecule has 0 saturated heterocycles. The molecule has 3 N–H and O–H groups in total. The quantitative estimate of drug-likeness (QED) is 0.277. The predicted molar refractivity (Wildman–Crippen MR) is 162 cm³/mol. The maximum Gasteiger partial charge on any atom is 0.232 e. The lowest BCUT2D eigenvalue weighted by atomic mass is 9.53. The molecule has 3 aliphatic rings. The Balaban J connectivity index is 1.70. The van der Waals surface area contributed by atoms with Gasteiger partial charge in [-0.1, -0.05) is 40.5 Å². The number of hydrogen-bond acceptors (Lipinski definition) is 5. The molecule has 0 aliphatic heterocycles. The van der Waals surface area contributed by atoms with Gasteiger partial charge in [-0.3, -0.25) is 14.5 Å². The van der Waals surface area contributed by atoms with Gasteiger partial charge in [0.2, 0.25) is 11.8 Å². The molecule has 226 valence electrons. The van der Waals surface area contributed by atoms with E-state index in [0.29, 0.717) is 24.9 Å². The number of nitrogens with one attached hydrogen (secondary N) is 3. The number of carbonyl (C=O) groups excluding carboxylic acids is 2. The van der Waals surface area contributed by atoms with E-state index in [2.05, 4.69) is 36.7 Å². The van der Waals surface area contributed by atoms with Crippen molar-refractivity contribution in [2.24, 2.45) is 40.9 Å². The molecule has 0 aromatic heterocycles. The summed E-state index contributed by atoms with van der Waals surface area (Å²) in [5, 5.41) is 10.3. The lowest BCUT2D eigenvalue weighted by Gasteiger charge is -2.52. The highest BCUT2D eigenvalue weighted by Gasteiger charge is 2.56. The maximum atomic E-state index is 13.9. The standard InChI is InChI=1S/C33H62N4O2/c1-7-11-31(38)37(23-10-20-34-5)32(39)25(3)29-16-17-30-28-13-9-8-12-26(36-22-21-35-6)15-14-24(2)27(28)18-19-33(29,30)4/h24-30,34-36H,7-23H2,1-6H3. The van der Waals surface area contributed by atoms with Gasteiger partial charge >= 0.3 is 0 Å². The van der Waals surface area contributed by atoms with Crippen molar-refractivity contribution in [3.63, 3.8) is 0 Å². The summed E-state index contributed by atoms with van der Waals surface area (Å²) in [5.41, 5.74) is 0.224. The van der Waals surface area contributed by atoms with E-state index in [1.54, 1.807) is 4.90 Å². The molecule has 8 atom stereocenters. The van der Waals surface area contributed by atoms with Crippen LogP contribution in [0.2, 0.25) is 0 Å². The molecule has 3 rings (SSSR count). The van der Waals surface area contributed by atoms with Crippen LogP contribution < -0.4 is 16.0 Å². The molecule has 8 unspecified atom stereocenters. The number of imide groups is 1. The molecule has 2 amide bonds. The molecular formula is C33H62N4O2. The molecule has 3 aliphatic carbocycles. The summed E-state index contributed by atoms with van der Waals surface area (Å²) in [4.78, 5) is 28.5. The van der Waals surface area contributed by atoms with E-state index in [9.17, 15) is 9.59 Å². The monoisotopic (exact) mass is 546 g/mol. The molecule has 3 saturated carbocycles. The summed E-state index contributed by atoms with van der Waals surface area (Å²) in [6.45, 7) is 12.7. The lowest BCUT2D eigenvalue weighted by molar-refractivity contribution is -0.150. The zero-order valence-corrected chi connectivity index (χ0v) is 26.3. The van der Waals surface area contributed by atoms with Crippen molar-refractivity contribution in [3.05, 3.63) is 0 Å². The Morgan fingerprint density at radius 3 is 2.38 bits per heavy atom. The summed E-state index contributed by atoms with van der Waals surface area (Å²) < 4.78 is 0. The van der Waals surface area contributed by atoms with E-state index >= 15 is 0 Å². The largest absolute Gasteiger partial charge is 0.320 e. The fraction of sp³-hybridized carbons (Fsp3) is 0.939. The van der Waals surface area contributed by atoms with Gasteiger partial charge < -0.3 is 16.0 Å². The van der Waals surface area contributed by atoms with E-state index < -0.39 is 0 Å². The van der Waals surface area contributed by atoms with Crippen LogP contribution in [0.1, 0.15) is 111 Å². The third-order valence-corrected chi connectivity index (χ3v) is 11.2. The number of rotatable bonds is 12. The summed E-state index contributed by atoms with van der Waals surface area (Å²) in [6, 6.07) is 0.667. The molecule has 6 nitrogen and oxygen atoms in total. The first kappa shape index (κ1) is 32.5. The van der Waals surface area contributed by atoms with Crippen LogP contribution in [0.5, 0.6) is 0 Å². The van der Waals surface area contributed by atoms with Gasteiger partial charge in [-0.15, -0.1) is 0 Å². The molecule has 3 fully saturated rings. The minimum atomic E-state index is -0.0756.